The second kappa shape index (κ2) is 5.77. The van der Waals surface area contributed by atoms with Crippen LogP contribution in [0.5, 0.6) is 0 Å². The fraction of sp³-hybridized carbons (Fsp3) is 0.533. The van der Waals surface area contributed by atoms with Crippen LogP contribution >= 0.6 is 0 Å². The van der Waals surface area contributed by atoms with Crippen molar-refractivity contribution >= 4 is 16.0 Å². The monoisotopic (exact) mass is 311 g/mol. The van der Waals surface area contributed by atoms with E-state index in [1.54, 1.807) is 24.3 Å². The van der Waals surface area contributed by atoms with Crippen molar-refractivity contribution in [2.75, 3.05) is 6.61 Å². The Labute approximate surface area is 125 Å². The molecule has 0 bridgehead atoms. The smallest absolute Gasteiger partial charge is 0.296 e. The molecule has 0 radical (unpaired) electrons. The van der Waals surface area contributed by atoms with Gasteiger partial charge in [0.25, 0.3) is 10.1 Å². The average molecular weight is 311 g/mol. The summed E-state index contributed by atoms with van der Waals surface area (Å²) in [5.41, 5.74) is 0.625. The summed E-state index contributed by atoms with van der Waals surface area (Å²) >= 11 is 0. The Balaban J connectivity index is 1.99. The quantitative estimate of drug-likeness (QED) is 0.844. The Morgan fingerprint density at radius 3 is 2.48 bits per heavy atom. The first-order chi connectivity index (χ1) is 9.73. The van der Waals surface area contributed by atoms with Gasteiger partial charge in [-0.3, -0.25) is 8.98 Å². The number of carbonyl (C=O) groups is 1. The Kier molecular flexibility index (Phi) is 4.39. The maximum absolute atomic E-state index is 12.1. The molecule has 0 heterocycles. The lowest BCUT2D eigenvalue weighted by Crippen LogP contribution is -2.58. The molecule has 1 saturated carbocycles. The van der Waals surface area contributed by atoms with E-state index in [1.165, 1.54) is 6.92 Å². The van der Waals surface area contributed by atoms with E-state index >= 15 is 0 Å². The topological polar surface area (TPSA) is 72.5 Å². The van der Waals surface area contributed by atoms with Crippen LogP contribution in [-0.2, 0) is 19.1 Å². The molecule has 1 aromatic rings. The molecule has 2 rings (SSSR count). The molecule has 1 fully saturated rings. The van der Waals surface area contributed by atoms with E-state index in [9.17, 15) is 13.2 Å². The first-order valence-corrected chi connectivity index (χ1v) is 8.39. The fourth-order valence-corrected chi connectivity index (χ4v) is 3.51. The fourth-order valence-electron chi connectivity index (χ4n) is 2.56. The van der Waals surface area contributed by atoms with Crippen LogP contribution in [0.3, 0.4) is 0 Å². The van der Waals surface area contributed by atoms with Gasteiger partial charge in [-0.1, -0.05) is 17.7 Å². The van der Waals surface area contributed by atoms with E-state index in [0.29, 0.717) is 0 Å². The van der Waals surface area contributed by atoms with E-state index in [4.69, 9.17) is 4.18 Å². The number of carbonyl (C=O) groups excluding carboxylic acids is 1. The first kappa shape index (κ1) is 16.0. The summed E-state index contributed by atoms with van der Waals surface area (Å²) in [7, 11) is -3.74. The number of nitrogens with one attached hydrogen (secondary N) is 1. The van der Waals surface area contributed by atoms with Crippen molar-refractivity contribution in [1.29, 1.82) is 0 Å². The van der Waals surface area contributed by atoms with Crippen LogP contribution in [0.2, 0.25) is 0 Å². The molecule has 1 amide bonds. The number of hydrogen-bond acceptors (Lipinski definition) is 4. The Morgan fingerprint density at radius 1 is 1.38 bits per heavy atom. The van der Waals surface area contributed by atoms with Gasteiger partial charge in [-0.05, 0) is 38.8 Å². The molecule has 6 heteroatoms. The highest BCUT2D eigenvalue weighted by Crippen LogP contribution is 2.38. The molecule has 0 aliphatic heterocycles. The molecule has 1 aromatic carbocycles. The lowest BCUT2D eigenvalue weighted by Gasteiger charge is -2.47. The summed E-state index contributed by atoms with van der Waals surface area (Å²) in [5.74, 6) is -0.0924. The highest BCUT2D eigenvalue weighted by atomic mass is 32.2. The third-order valence-corrected chi connectivity index (χ3v) is 5.40. The summed E-state index contributed by atoms with van der Waals surface area (Å²) in [4.78, 5) is 11.3. The lowest BCUT2D eigenvalue weighted by atomic mass is 9.68. The molecular weight excluding hydrogens is 290 g/mol. The van der Waals surface area contributed by atoms with Gasteiger partial charge in [0.2, 0.25) is 5.91 Å². The minimum atomic E-state index is -3.74. The van der Waals surface area contributed by atoms with Gasteiger partial charge >= 0.3 is 0 Å². The van der Waals surface area contributed by atoms with Gasteiger partial charge < -0.3 is 5.32 Å². The number of aryl methyl sites for hydroxylation is 1. The largest absolute Gasteiger partial charge is 0.351 e. The van der Waals surface area contributed by atoms with E-state index < -0.39 is 10.1 Å². The van der Waals surface area contributed by atoms with E-state index in [1.807, 2.05) is 13.8 Å². The lowest BCUT2D eigenvalue weighted by molar-refractivity contribution is -0.123. The van der Waals surface area contributed by atoms with Crippen LogP contribution in [0.25, 0.3) is 0 Å². The standard InChI is InChI=1S/C15H21NO4S/c1-11-4-6-14(7-5-11)21(18,19)20-10-13-8-9-15(13,3)16-12(2)17/h4-7,13H,8-10H2,1-3H3,(H,16,17)/t13?,15-/m0/s1. The molecule has 5 nitrogen and oxygen atoms in total. The van der Waals surface area contributed by atoms with Crippen molar-refractivity contribution in [2.45, 2.75) is 44.0 Å². The zero-order valence-electron chi connectivity index (χ0n) is 12.5. The zero-order chi connectivity index (χ0) is 15.7. The van der Waals surface area contributed by atoms with Gasteiger partial charge in [-0.15, -0.1) is 0 Å². The molecule has 21 heavy (non-hydrogen) atoms. The van der Waals surface area contributed by atoms with Crippen molar-refractivity contribution < 1.29 is 17.4 Å². The van der Waals surface area contributed by atoms with Gasteiger partial charge in [0.1, 0.15) is 0 Å². The minimum absolute atomic E-state index is 0.0154. The molecule has 1 unspecified atom stereocenters. The summed E-state index contributed by atoms with van der Waals surface area (Å²) in [6.45, 7) is 5.37. The third-order valence-electron chi connectivity index (χ3n) is 4.11. The number of amides is 1. The normalized spacial score (nSPS) is 25.2. The maximum atomic E-state index is 12.1. The van der Waals surface area contributed by atoms with Crippen molar-refractivity contribution in [2.24, 2.45) is 5.92 Å². The molecule has 0 aromatic heterocycles. The van der Waals surface area contributed by atoms with Crippen LogP contribution < -0.4 is 5.32 Å². The highest BCUT2D eigenvalue weighted by Gasteiger charge is 2.44. The molecular formula is C15H21NO4S. The van der Waals surface area contributed by atoms with Crippen LogP contribution in [0, 0.1) is 12.8 Å². The second-order valence-electron chi connectivity index (χ2n) is 5.89. The van der Waals surface area contributed by atoms with Crippen molar-refractivity contribution in [3.8, 4) is 0 Å². The molecule has 0 spiro atoms. The first-order valence-electron chi connectivity index (χ1n) is 6.98. The number of hydrogen-bond donors (Lipinski definition) is 1. The predicted octanol–water partition coefficient (Wildman–Crippen LogP) is 2.01. The zero-order valence-corrected chi connectivity index (χ0v) is 13.4. The summed E-state index contributed by atoms with van der Waals surface area (Å²) in [6.07, 6.45) is 1.69. The summed E-state index contributed by atoms with van der Waals surface area (Å²) in [5, 5.41) is 2.88. The van der Waals surface area contributed by atoms with Crippen LogP contribution in [0.15, 0.2) is 29.2 Å². The SMILES string of the molecule is CC(=O)N[C@@]1(C)CCC1COS(=O)(=O)c1ccc(C)cc1. The Morgan fingerprint density at radius 2 is 2.00 bits per heavy atom. The van der Waals surface area contributed by atoms with Crippen molar-refractivity contribution in [3.63, 3.8) is 0 Å². The molecule has 1 N–H and O–H groups in total. The summed E-state index contributed by atoms with van der Waals surface area (Å²) < 4.78 is 29.4. The summed E-state index contributed by atoms with van der Waals surface area (Å²) in [6, 6.07) is 6.55. The van der Waals surface area contributed by atoms with Crippen LogP contribution in [0.4, 0.5) is 0 Å². The second-order valence-corrected chi connectivity index (χ2v) is 7.50. The third kappa shape index (κ3) is 3.63. The molecule has 1 aliphatic carbocycles. The van der Waals surface area contributed by atoms with Crippen LogP contribution in [-0.4, -0.2) is 26.5 Å². The van der Waals surface area contributed by atoms with E-state index in [-0.39, 0.29) is 28.9 Å². The molecule has 116 valence electrons. The Bertz CT molecular complexity index is 624. The van der Waals surface area contributed by atoms with E-state index in [2.05, 4.69) is 5.32 Å². The van der Waals surface area contributed by atoms with Crippen LogP contribution in [0.1, 0.15) is 32.3 Å². The van der Waals surface area contributed by atoms with E-state index in [0.717, 1.165) is 18.4 Å². The van der Waals surface area contributed by atoms with Gasteiger partial charge in [0.05, 0.1) is 11.5 Å². The molecule has 0 saturated heterocycles. The Hall–Kier alpha value is -1.40. The highest BCUT2D eigenvalue weighted by molar-refractivity contribution is 7.86. The predicted molar refractivity (Wildman–Crippen MR) is 79.3 cm³/mol. The average Bonchev–Trinajstić information content (AvgIpc) is 2.37. The van der Waals surface area contributed by atoms with Gasteiger partial charge in [0, 0.05) is 18.4 Å². The van der Waals surface area contributed by atoms with Crippen molar-refractivity contribution in [1.82, 2.24) is 5.32 Å². The molecule has 2 atom stereocenters. The maximum Gasteiger partial charge on any atom is 0.296 e. The number of benzene rings is 1. The number of rotatable bonds is 5. The minimum Gasteiger partial charge on any atom is -0.351 e. The van der Waals surface area contributed by atoms with Crippen molar-refractivity contribution in [3.05, 3.63) is 29.8 Å². The van der Waals surface area contributed by atoms with Gasteiger partial charge in [-0.25, -0.2) is 0 Å². The van der Waals surface area contributed by atoms with Gasteiger partial charge in [0.15, 0.2) is 0 Å². The van der Waals surface area contributed by atoms with Gasteiger partial charge in [-0.2, -0.15) is 8.42 Å². The molecule has 1 aliphatic rings.